The van der Waals surface area contributed by atoms with Crippen molar-refractivity contribution in [2.45, 2.75) is 59.6 Å². The van der Waals surface area contributed by atoms with Gasteiger partial charge in [0.1, 0.15) is 11.6 Å². The number of ether oxygens (including phenoxy) is 2. The molecule has 0 aliphatic rings. The van der Waals surface area contributed by atoms with Gasteiger partial charge in [-0.25, -0.2) is 9.59 Å². The first-order chi connectivity index (χ1) is 8.15. The number of hydrogen-bond donors (Lipinski definition) is 1. The first-order valence-corrected chi connectivity index (χ1v) is 6.31. The standard InChI is InChI=1S/C13H25NO4/c1-7-10(11(15)17-8-9(2)3)14-12(16)18-13(4,5)6/h9-10H,7-8H2,1-6H3,(H,14,16)/t10-/m0/s1. The Bertz CT molecular complexity index is 281. The van der Waals surface area contributed by atoms with E-state index in [1.54, 1.807) is 27.7 Å². The van der Waals surface area contributed by atoms with Crippen molar-refractivity contribution in [3.8, 4) is 0 Å². The highest BCUT2D eigenvalue weighted by molar-refractivity contribution is 5.81. The largest absolute Gasteiger partial charge is 0.464 e. The van der Waals surface area contributed by atoms with E-state index in [1.807, 2.05) is 13.8 Å². The Morgan fingerprint density at radius 2 is 1.78 bits per heavy atom. The minimum Gasteiger partial charge on any atom is -0.464 e. The van der Waals surface area contributed by atoms with E-state index in [2.05, 4.69) is 5.32 Å². The van der Waals surface area contributed by atoms with Gasteiger partial charge in [-0.05, 0) is 33.1 Å². The van der Waals surface area contributed by atoms with E-state index in [1.165, 1.54) is 0 Å². The number of rotatable bonds is 5. The highest BCUT2D eigenvalue weighted by Crippen LogP contribution is 2.07. The van der Waals surface area contributed by atoms with Crippen LogP contribution in [0.4, 0.5) is 4.79 Å². The van der Waals surface area contributed by atoms with Crippen molar-refractivity contribution >= 4 is 12.1 Å². The van der Waals surface area contributed by atoms with E-state index in [0.717, 1.165) is 0 Å². The SMILES string of the molecule is CC[C@H](NC(=O)OC(C)(C)C)C(=O)OCC(C)C. The molecule has 106 valence electrons. The number of carbonyl (C=O) groups is 2. The Balaban J connectivity index is 4.25. The number of amides is 1. The Labute approximate surface area is 109 Å². The summed E-state index contributed by atoms with van der Waals surface area (Å²) in [6.07, 6.45) is -0.133. The lowest BCUT2D eigenvalue weighted by atomic mass is 10.2. The summed E-state index contributed by atoms with van der Waals surface area (Å²) in [5, 5.41) is 2.51. The van der Waals surface area contributed by atoms with E-state index >= 15 is 0 Å². The molecule has 0 heterocycles. The normalized spacial score (nSPS) is 13.1. The average molecular weight is 259 g/mol. The molecule has 0 aromatic rings. The molecule has 0 aliphatic heterocycles. The molecule has 0 saturated heterocycles. The van der Waals surface area contributed by atoms with Gasteiger partial charge in [-0.15, -0.1) is 0 Å². The fourth-order valence-electron chi connectivity index (χ4n) is 1.13. The predicted octanol–water partition coefficient (Wildman–Crippen LogP) is 2.49. The van der Waals surface area contributed by atoms with Gasteiger partial charge >= 0.3 is 12.1 Å². The highest BCUT2D eigenvalue weighted by atomic mass is 16.6. The molecule has 0 bridgehead atoms. The number of alkyl carbamates (subject to hydrolysis) is 1. The second kappa shape index (κ2) is 7.24. The predicted molar refractivity (Wildman–Crippen MR) is 69.2 cm³/mol. The van der Waals surface area contributed by atoms with Crippen LogP contribution in [-0.4, -0.2) is 30.3 Å². The number of hydrogen-bond acceptors (Lipinski definition) is 4. The molecule has 5 heteroatoms. The third-order valence-electron chi connectivity index (χ3n) is 1.94. The van der Waals surface area contributed by atoms with Crippen LogP contribution < -0.4 is 5.32 Å². The van der Waals surface area contributed by atoms with Crippen LogP contribution in [0, 0.1) is 5.92 Å². The van der Waals surface area contributed by atoms with Gasteiger partial charge in [-0.1, -0.05) is 20.8 Å². The van der Waals surface area contributed by atoms with Crippen LogP contribution in [-0.2, 0) is 14.3 Å². The minimum absolute atomic E-state index is 0.271. The van der Waals surface area contributed by atoms with Crippen LogP contribution in [0.25, 0.3) is 0 Å². The maximum atomic E-state index is 11.7. The second-order valence-corrected chi connectivity index (χ2v) is 5.63. The van der Waals surface area contributed by atoms with E-state index < -0.39 is 23.7 Å². The number of carbonyl (C=O) groups excluding carboxylic acids is 2. The molecule has 1 amide bonds. The Kier molecular flexibility index (Phi) is 6.73. The van der Waals surface area contributed by atoms with Gasteiger partial charge in [0.25, 0.3) is 0 Å². The summed E-state index contributed by atoms with van der Waals surface area (Å²) in [5.41, 5.74) is -0.579. The maximum absolute atomic E-state index is 11.7. The topological polar surface area (TPSA) is 64.6 Å². The molecule has 0 unspecified atom stereocenters. The van der Waals surface area contributed by atoms with Crippen LogP contribution in [0.2, 0.25) is 0 Å². The van der Waals surface area contributed by atoms with Crippen molar-refractivity contribution in [1.82, 2.24) is 5.32 Å². The van der Waals surface area contributed by atoms with Crippen molar-refractivity contribution in [2.24, 2.45) is 5.92 Å². The lowest BCUT2D eigenvalue weighted by Crippen LogP contribution is -2.44. The van der Waals surface area contributed by atoms with Gasteiger partial charge in [0.2, 0.25) is 0 Å². The van der Waals surface area contributed by atoms with Crippen molar-refractivity contribution in [2.75, 3.05) is 6.61 Å². The van der Waals surface area contributed by atoms with Crippen LogP contribution in [0.1, 0.15) is 48.0 Å². The molecule has 5 nitrogen and oxygen atoms in total. The van der Waals surface area contributed by atoms with Crippen molar-refractivity contribution in [3.05, 3.63) is 0 Å². The van der Waals surface area contributed by atoms with Gasteiger partial charge in [0.05, 0.1) is 6.61 Å². The van der Waals surface area contributed by atoms with Crippen LogP contribution in [0.5, 0.6) is 0 Å². The minimum atomic E-state index is -0.654. The van der Waals surface area contributed by atoms with E-state index in [4.69, 9.17) is 9.47 Å². The molecule has 1 atom stereocenters. The summed E-state index contributed by atoms with van der Waals surface area (Å²) in [5.74, 6) is -0.148. The third kappa shape index (κ3) is 7.92. The molecule has 18 heavy (non-hydrogen) atoms. The van der Waals surface area contributed by atoms with Gasteiger partial charge in [0.15, 0.2) is 0 Å². The summed E-state index contributed by atoms with van der Waals surface area (Å²) in [7, 11) is 0. The number of esters is 1. The first-order valence-electron chi connectivity index (χ1n) is 6.31. The zero-order valence-corrected chi connectivity index (χ0v) is 12.2. The molecule has 0 spiro atoms. The summed E-state index contributed by atoms with van der Waals surface area (Å²) in [6, 6.07) is -0.654. The number of nitrogens with one attached hydrogen (secondary N) is 1. The summed E-state index contributed by atoms with van der Waals surface area (Å²) in [6.45, 7) is 11.4. The van der Waals surface area contributed by atoms with E-state index in [-0.39, 0.29) is 5.92 Å². The molecule has 0 rings (SSSR count). The van der Waals surface area contributed by atoms with Gasteiger partial charge in [-0.2, -0.15) is 0 Å². The van der Waals surface area contributed by atoms with Crippen LogP contribution in [0.3, 0.4) is 0 Å². The third-order valence-corrected chi connectivity index (χ3v) is 1.94. The molecular formula is C13H25NO4. The average Bonchev–Trinajstić information content (AvgIpc) is 2.19. The highest BCUT2D eigenvalue weighted by Gasteiger charge is 2.24. The van der Waals surface area contributed by atoms with Gasteiger partial charge in [0, 0.05) is 0 Å². The summed E-state index contributed by atoms with van der Waals surface area (Å²) >= 11 is 0. The van der Waals surface area contributed by atoms with Crippen molar-refractivity contribution in [3.63, 3.8) is 0 Å². The fraction of sp³-hybridized carbons (Fsp3) is 0.846. The lowest BCUT2D eigenvalue weighted by molar-refractivity contribution is -0.147. The van der Waals surface area contributed by atoms with E-state index in [9.17, 15) is 9.59 Å². The van der Waals surface area contributed by atoms with Crippen LogP contribution in [0.15, 0.2) is 0 Å². The molecule has 0 aromatic heterocycles. The van der Waals surface area contributed by atoms with Gasteiger partial charge < -0.3 is 14.8 Å². The lowest BCUT2D eigenvalue weighted by Gasteiger charge is -2.22. The monoisotopic (exact) mass is 259 g/mol. The molecule has 0 saturated carbocycles. The summed E-state index contributed by atoms with van der Waals surface area (Å²) in [4.78, 5) is 23.2. The summed E-state index contributed by atoms with van der Waals surface area (Å²) < 4.78 is 10.2. The molecule has 0 aromatic carbocycles. The fourth-order valence-corrected chi connectivity index (χ4v) is 1.13. The van der Waals surface area contributed by atoms with Gasteiger partial charge in [-0.3, -0.25) is 0 Å². The zero-order valence-electron chi connectivity index (χ0n) is 12.2. The quantitative estimate of drug-likeness (QED) is 0.770. The molecule has 0 radical (unpaired) electrons. The van der Waals surface area contributed by atoms with E-state index in [0.29, 0.717) is 13.0 Å². The molecular weight excluding hydrogens is 234 g/mol. The van der Waals surface area contributed by atoms with Crippen molar-refractivity contribution < 1.29 is 19.1 Å². The molecule has 1 N–H and O–H groups in total. The Hall–Kier alpha value is -1.26. The maximum Gasteiger partial charge on any atom is 0.408 e. The zero-order chi connectivity index (χ0) is 14.3. The first kappa shape index (κ1) is 16.7. The Morgan fingerprint density at radius 1 is 1.22 bits per heavy atom. The molecule has 0 aliphatic carbocycles. The molecule has 0 fully saturated rings. The van der Waals surface area contributed by atoms with Crippen LogP contribution >= 0.6 is 0 Å². The smallest absolute Gasteiger partial charge is 0.408 e. The second-order valence-electron chi connectivity index (χ2n) is 5.63. The van der Waals surface area contributed by atoms with Crippen molar-refractivity contribution in [1.29, 1.82) is 0 Å². The Morgan fingerprint density at radius 3 is 2.17 bits per heavy atom.